The van der Waals surface area contributed by atoms with Crippen LogP contribution in [0.2, 0.25) is 0 Å². The van der Waals surface area contributed by atoms with Crippen LogP contribution in [-0.4, -0.2) is 17.6 Å². The van der Waals surface area contributed by atoms with Crippen molar-refractivity contribution in [3.63, 3.8) is 0 Å². The van der Waals surface area contributed by atoms with Gasteiger partial charge in [-0.15, -0.1) is 0 Å². The molecule has 1 aliphatic heterocycles. The molecule has 3 unspecified atom stereocenters. The molecule has 1 heterocycles. The predicted molar refractivity (Wildman–Crippen MR) is 65.9 cm³/mol. The molecule has 1 saturated heterocycles. The van der Waals surface area contributed by atoms with Crippen molar-refractivity contribution in [2.24, 2.45) is 11.8 Å². The molecular formula is C14H17NO2. The van der Waals surface area contributed by atoms with Crippen LogP contribution in [0.3, 0.4) is 0 Å². The van der Waals surface area contributed by atoms with E-state index in [4.69, 9.17) is 0 Å². The summed E-state index contributed by atoms with van der Waals surface area (Å²) in [5.41, 5.74) is 0.308. The van der Waals surface area contributed by atoms with Crippen LogP contribution in [0.5, 0.6) is 0 Å². The van der Waals surface area contributed by atoms with Gasteiger partial charge in [-0.25, -0.2) is 4.79 Å². The Morgan fingerprint density at radius 2 is 2.00 bits per heavy atom. The van der Waals surface area contributed by atoms with E-state index in [1.165, 1.54) is 0 Å². The molecule has 0 aromatic heterocycles. The normalized spacial score (nSPS) is 32.8. The Balaban J connectivity index is 2.49. The fourth-order valence-corrected chi connectivity index (χ4v) is 2.58. The van der Waals surface area contributed by atoms with Crippen molar-refractivity contribution in [1.29, 1.82) is 0 Å². The molecule has 0 amide bonds. The lowest BCUT2D eigenvalue weighted by Gasteiger charge is -2.44. The van der Waals surface area contributed by atoms with Gasteiger partial charge >= 0.3 is 0 Å². The average Bonchev–Trinajstić information content (AvgIpc) is 2.37. The van der Waals surface area contributed by atoms with Crippen molar-refractivity contribution in [3.8, 4) is 0 Å². The van der Waals surface area contributed by atoms with Gasteiger partial charge < -0.3 is 10.4 Å². The van der Waals surface area contributed by atoms with Crippen molar-refractivity contribution in [2.45, 2.75) is 19.4 Å². The SMILES string of the molecule is CC1CNC(=C=O)C(C)C1(O)c1ccccc1. The Hall–Kier alpha value is -1.57. The first kappa shape index (κ1) is 11.9. The van der Waals surface area contributed by atoms with Gasteiger partial charge in [0.2, 0.25) is 0 Å². The minimum absolute atomic E-state index is 0.0389. The number of aliphatic hydroxyl groups is 1. The van der Waals surface area contributed by atoms with Crippen molar-refractivity contribution in [2.75, 3.05) is 6.54 Å². The zero-order chi connectivity index (χ0) is 12.5. The summed E-state index contributed by atoms with van der Waals surface area (Å²) >= 11 is 0. The zero-order valence-corrected chi connectivity index (χ0v) is 10.1. The number of carbonyl (C=O) groups excluding carboxylic acids is 1. The Bertz CT molecular complexity index is 451. The molecule has 0 aliphatic carbocycles. The Morgan fingerprint density at radius 3 is 2.59 bits per heavy atom. The first-order valence-corrected chi connectivity index (χ1v) is 5.87. The molecule has 17 heavy (non-hydrogen) atoms. The first-order chi connectivity index (χ1) is 8.10. The van der Waals surface area contributed by atoms with Gasteiger partial charge in [0.15, 0.2) is 0 Å². The molecule has 0 radical (unpaired) electrons. The maximum atomic E-state index is 10.9. The molecule has 90 valence electrons. The summed E-state index contributed by atoms with van der Waals surface area (Å²) in [6.07, 6.45) is 0. The van der Waals surface area contributed by atoms with E-state index in [1.54, 1.807) is 0 Å². The molecule has 1 aromatic carbocycles. The largest absolute Gasteiger partial charge is 0.384 e. The monoisotopic (exact) mass is 231 g/mol. The van der Waals surface area contributed by atoms with Gasteiger partial charge in [-0.05, 0) is 5.56 Å². The van der Waals surface area contributed by atoms with Crippen LogP contribution in [0.15, 0.2) is 36.0 Å². The molecule has 0 saturated carbocycles. The predicted octanol–water partition coefficient (Wildman–Crippen LogP) is 1.47. The Labute approximate surface area is 101 Å². The van der Waals surface area contributed by atoms with E-state index < -0.39 is 5.60 Å². The van der Waals surface area contributed by atoms with Crippen molar-refractivity contribution in [3.05, 3.63) is 41.6 Å². The van der Waals surface area contributed by atoms with E-state index in [-0.39, 0.29) is 11.8 Å². The highest BCUT2D eigenvalue weighted by Crippen LogP contribution is 2.41. The summed E-state index contributed by atoms with van der Waals surface area (Å²) in [6.45, 7) is 4.42. The van der Waals surface area contributed by atoms with Gasteiger partial charge in [-0.2, -0.15) is 0 Å². The van der Waals surface area contributed by atoms with E-state index in [2.05, 4.69) is 5.32 Å². The second kappa shape index (κ2) is 4.36. The maximum absolute atomic E-state index is 10.9. The third kappa shape index (κ3) is 1.78. The fourth-order valence-electron chi connectivity index (χ4n) is 2.58. The second-order valence-electron chi connectivity index (χ2n) is 4.71. The molecular weight excluding hydrogens is 214 g/mol. The molecule has 3 heteroatoms. The Morgan fingerprint density at radius 1 is 1.35 bits per heavy atom. The van der Waals surface area contributed by atoms with Crippen molar-refractivity contribution >= 4 is 5.94 Å². The number of hydrogen-bond acceptors (Lipinski definition) is 3. The summed E-state index contributed by atoms with van der Waals surface area (Å²) in [7, 11) is 0. The molecule has 0 spiro atoms. The number of benzene rings is 1. The fraction of sp³-hybridized carbons (Fsp3) is 0.429. The molecule has 3 nitrogen and oxygen atoms in total. The van der Waals surface area contributed by atoms with Gasteiger partial charge in [0.1, 0.15) is 17.2 Å². The third-order valence-corrected chi connectivity index (χ3v) is 3.79. The summed E-state index contributed by atoms with van der Waals surface area (Å²) in [4.78, 5) is 10.9. The molecule has 1 aromatic rings. The summed E-state index contributed by atoms with van der Waals surface area (Å²) in [6, 6.07) is 9.53. The van der Waals surface area contributed by atoms with Crippen LogP contribution < -0.4 is 5.32 Å². The minimum Gasteiger partial charge on any atom is -0.384 e. The summed E-state index contributed by atoms with van der Waals surface area (Å²) in [5, 5.41) is 14.0. The standard InChI is InChI=1S/C14H17NO2/c1-10-8-15-13(9-16)11(2)14(10,17)12-6-4-3-5-7-12/h3-7,10-11,15,17H,8H2,1-2H3. The van der Waals surface area contributed by atoms with Crippen molar-refractivity contribution < 1.29 is 9.90 Å². The topological polar surface area (TPSA) is 49.3 Å². The minimum atomic E-state index is -1.00. The molecule has 2 rings (SSSR count). The lowest BCUT2D eigenvalue weighted by atomic mass is 9.70. The molecule has 0 bridgehead atoms. The number of rotatable bonds is 1. The highest BCUT2D eigenvalue weighted by atomic mass is 16.3. The van der Waals surface area contributed by atoms with Crippen LogP contribution in [-0.2, 0) is 10.4 Å². The van der Waals surface area contributed by atoms with Gasteiger partial charge in [-0.1, -0.05) is 44.2 Å². The quantitative estimate of drug-likeness (QED) is 0.719. The lowest BCUT2D eigenvalue weighted by molar-refractivity contribution is -0.0664. The van der Waals surface area contributed by atoms with E-state index in [1.807, 2.05) is 50.1 Å². The van der Waals surface area contributed by atoms with E-state index in [0.717, 1.165) is 5.56 Å². The van der Waals surface area contributed by atoms with E-state index >= 15 is 0 Å². The van der Waals surface area contributed by atoms with Crippen LogP contribution in [0, 0.1) is 11.8 Å². The third-order valence-electron chi connectivity index (χ3n) is 3.79. The van der Waals surface area contributed by atoms with Crippen LogP contribution in [0.4, 0.5) is 0 Å². The number of hydrogen-bond donors (Lipinski definition) is 2. The molecule has 1 aliphatic rings. The van der Waals surface area contributed by atoms with E-state index in [0.29, 0.717) is 12.2 Å². The summed E-state index contributed by atoms with van der Waals surface area (Å²) < 4.78 is 0. The highest BCUT2D eigenvalue weighted by molar-refractivity contribution is 5.54. The maximum Gasteiger partial charge on any atom is 0.145 e. The first-order valence-electron chi connectivity index (χ1n) is 5.87. The lowest BCUT2D eigenvalue weighted by Crippen LogP contribution is -2.51. The van der Waals surface area contributed by atoms with Gasteiger partial charge in [-0.3, -0.25) is 0 Å². The Kier molecular flexibility index (Phi) is 3.05. The second-order valence-corrected chi connectivity index (χ2v) is 4.71. The van der Waals surface area contributed by atoms with E-state index in [9.17, 15) is 9.90 Å². The van der Waals surface area contributed by atoms with Crippen molar-refractivity contribution in [1.82, 2.24) is 5.32 Å². The molecule has 3 atom stereocenters. The van der Waals surface area contributed by atoms with Crippen LogP contribution >= 0.6 is 0 Å². The van der Waals surface area contributed by atoms with Crippen LogP contribution in [0.25, 0.3) is 0 Å². The molecule has 1 fully saturated rings. The summed E-state index contributed by atoms with van der Waals surface area (Å²) in [5.74, 6) is 1.66. The van der Waals surface area contributed by atoms with Gasteiger partial charge in [0.05, 0.1) is 0 Å². The highest BCUT2D eigenvalue weighted by Gasteiger charge is 2.46. The molecule has 2 N–H and O–H groups in total. The van der Waals surface area contributed by atoms with Gasteiger partial charge in [0, 0.05) is 18.4 Å². The number of piperidine rings is 1. The average molecular weight is 231 g/mol. The van der Waals surface area contributed by atoms with Crippen LogP contribution in [0.1, 0.15) is 19.4 Å². The smallest absolute Gasteiger partial charge is 0.145 e. The zero-order valence-electron chi connectivity index (χ0n) is 10.1. The van der Waals surface area contributed by atoms with Gasteiger partial charge in [0.25, 0.3) is 0 Å². The number of nitrogens with one attached hydrogen (secondary N) is 1.